The zero-order chi connectivity index (χ0) is 21.2. The van der Waals surface area contributed by atoms with Gasteiger partial charge in [0.1, 0.15) is 0 Å². The van der Waals surface area contributed by atoms with Gasteiger partial charge in [-0.1, -0.05) is 49.4 Å². The lowest BCUT2D eigenvalue weighted by Crippen LogP contribution is -2.16. The number of benzene rings is 2. The molecule has 0 radical (unpaired) electrons. The van der Waals surface area contributed by atoms with Crippen LogP contribution < -0.4 is 5.32 Å². The van der Waals surface area contributed by atoms with Crippen molar-refractivity contribution < 1.29 is 4.79 Å². The number of rotatable bonds is 6. The number of para-hydroxylation sites is 2. The van der Waals surface area contributed by atoms with Crippen LogP contribution in [0.4, 0.5) is 5.95 Å². The molecule has 7 heteroatoms. The molecular weight excluding hydrogens is 388 g/mol. The lowest BCUT2D eigenvalue weighted by Gasteiger charge is -2.09. The highest BCUT2D eigenvalue weighted by molar-refractivity contribution is 6.05. The van der Waals surface area contributed by atoms with Crippen LogP contribution in [0.2, 0.25) is 0 Å². The van der Waals surface area contributed by atoms with E-state index in [9.17, 15) is 4.79 Å². The Balaban J connectivity index is 1.42. The van der Waals surface area contributed by atoms with Crippen molar-refractivity contribution in [3.8, 4) is 0 Å². The summed E-state index contributed by atoms with van der Waals surface area (Å²) in [4.78, 5) is 22.1. The summed E-state index contributed by atoms with van der Waals surface area (Å²) in [6, 6.07) is 19.8. The predicted molar refractivity (Wildman–Crippen MR) is 121 cm³/mol. The van der Waals surface area contributed by atoms with Crippen molar-refractivity contribution in [3.05, 3.63) is 84.2 Å². The van der Waals surface area contributed by atoms with Crippen LogP contribution in [-0.4, -0.2) is 30.2 Å². The van der Waals surface area contributed by atoms with Crippen LogP contribution in [0.25, 0.3) is 22.1 Å². The van der Waals surface area contributed by atoms with Gasteiger partial charge in [-0.25, -0.2) is 14.6 Å². The highest BCUT2D eigenvalue weighted by Crippen LogP contribution is 2.21. The minimum atomic E-state index is -0.238. The molecule has 7 nitrogen and oxygen atoms in total. The van der Waals surface area contributed by atoms with Crippen LogP contribution in [0.15, 0.2) is 73.1 Å². The van der Waals surface area contributed by atoms with Crippen LogP contribution >= 0.6 is 0 Å². The topological polar surface area (TPSA) is 77.6 Å². The Hall–Kier alpha value is -4.00. The molecule has 5 aromatic rings. The lowest BCUT2D eigenvalue weighted by molar-refractivity contribution is 0.102. The third-order valence-electron chi connectivity index (χ3n) is 5.24. The minimum absolute atomic E-state index is 0.238. The second-order valence-electron chi connectivity index (χ2n) is 7.45. The molecule has 0 aliphatic carbocycles. The van der Waals surface area contributed by atoms with Gasteiger partial charge in [0.25, 0.3) is 5.91 Å². The van der Waals surface area contributed by atoms with E-state index < -0.39 is 0 Å². The van der Waals surface area contributed by atoms with Gasteiger partial charge >= 0.3 is 0 Å². The SMILES string of the molecule is CCCn1c(NC(=O)c2cnc3c(cnn3Cc3ccccc3)c2)nc2ccccc21. The first kappa shape index (κ1) is 19.0. The van der Waals surface area contributed by atoms with Crippen LogP contribution in [0.1, 0.15) is 29.3 Å². The number of amides is 1. The van der Waals surface area contributed by atoms with E-state index in [0.29, 0.717) is 18.1 Å². The summed E-state index contributed by atoms with van der Waals surface area (Å²) in [6.07, 6.45) is 4.28. The Bertz CT molecular complexity index is 1370. The fraction of sp³-hybridized carbons (Fsp3) is 0.167. The van der Waals surface area contributed by atoms with Gasteiger partial charge in [0, 0.05) is 18.1 Å². The van der Waals surface area contributed by atoms with Gasteiger partial charge in [0.15, 0.2) is 5.65 Å². The van der Waals surface area contributed by atoms with Crippen molar-refractivity contribution in [2.24, 2.45) is 0 Å². The predicted octanol–water partition coefficient (Wildman–Crippen LogP) is 4.49. The number of anilines is 1. The van der Waals surface area contributed by atoms with E-state index in [1.807, 2.05) is 57.8 Å². The van der Waals surface area contributed by atoms with Gasteiger partial charge in [-0.2, -0.15) is 5.10 Å². The molecule has 0 aliphatic rings. The zero-order valence-electron chi connectivity index (χ0n) is 17.2. The molecule has 1 amide bonds. The van der Waals surface area contributed by atoms with E-state index >= 15 is 0 Å². The molecule has 154 valence electrons. The van der Waals surface area contributed by atoms with Gasteiger partial charge in [-0.3, -0.25) is 10.1 Å². The molecular formula is C24H22N6O. The lowest BCUT2D eigenvalue weighted by atomic mass is 10.2. The normalized spacial score (nSPS) is 11.3. The fourth-order valence-electron chi connectivity index (χ4n) is 3.76. The molecule has 1 N–H and O–H groups in total. The second kappa shape index (κ2) is 8.02. The van der Waals surface area contributed by atoms with Crippen molar-refractivity contribution >= 4 is 33.9 Å². The summed E-state index contributed by atoms with van der Waals surface area (Å²) < 4.78 is 3.88. The summed E-state index contributed by atoms with van der Waals surface area (Å²) in [5.41, 5.74) is 4.24. The molecule has 31 heavy (non-hydrogen) atoms. The van der Waals surface area contributed by atoms with Crippen LogP contribution in [-0.2, 0) is 13.1 Å². The Kier molecular flexibility index (Phi) is 4.92. The molecule has 0 saturated heterocycles. The number of carbonyl (C=O) groups excluding carboxylic acids is 1. The first-order valence-corrected chi connectivity index (χ1v) is 10.3. The number of fused-ring (bicyclic) bond motifs is 2. The average molecular weight is 410 g/mol. The van der Waals surface area contributed by atoms with Gasteiger partial charge in [-0.15, -0.1) is 0 Å². The monoisotopic (exact) mass is 410 g/mol. The van der Waals surface area contributed by atoms with Crippen molar-refractivity contribution in [1.82, 2.24) is 24.3 Å². The number of imidazole rings is 1. The Morgan fingerprint density at radius 1 is 1.03 bits per heavy atom. The van der Waals surface area contributed by atoms with Crippen LogP contribution in [0.3, 0.4) is 0 Å². The van der Waals surface area contributed by atoms with E-state index in [1.165, 1.54) is 0 Å². The quantitative estimate of drug-likeness (QED) is 0.447. The highest BCUT2D eigenvalue weighted by atomic mass is 16.1. The summed E-state index contributed by atoms with van der Waals surface area (Å²) in [6.45, 7) is 3.51. The number of nitrogens with zero attached hydrogens (tertiary/aromatic N) is 5. The summed E-state index contributed by atoms with van der Waals surface area (Å²) in [5, 5.41) is 8.23. The summed E-state index contributed by atoms with van der Waals surface area (Å²) >= 11 is 0. The standard InChI is InChI=1S/C24H22N6O/c1-2-12-29-21-11-7-6-10-20(21)27-24(29)28-23(31)19-13-18-15-26-30(22(18)25-14-19)16-17-8-4-3-5-9-17/h3-11,13-15H,2,12,16H2,1H3,(H,27,28,31). The van der Waals surface area contributed by atoms with E-state index in [0.717, 1.165) is 40.6 Å². The Morgan fingerprint density at radius 3 is 2.68 bits per heavy atom. The first-order valence-electron chi connectivity index (χ1n) is 10.3. The maximum Gasteiger partial charge on any atom is 0.259 e. The molecule has 0 aliphatic heterocycles. The first-order chi connectivity index (χ1) is 15.2. The number of aromatic nitrogens is 5. The maximum absolute atomic E-state index is 13.0. The smallest absolute Gasteiger partial charge is 0.259 e. The van der Waals surface area contributed by atoms with Crippen molar-refractivity contribution in [3.63, 3.8) is 0 Å². The van der Waals surface area contributed by atoms with Crippen LogP contribution in [0, 0.1) is 0 Å². The highest BCUT2D eigenvalue weighted by Gasteiger charge is 2.15. The number of carbonyl (C=O) groups is 1. The van der Waals surface area contributed by atoms with Crippen molar-refractivity contribution in [2.45, 2.75) is 26.4 Å². The van der Waals surface area contributed by atoms with E-state index in [-0.39, 0.29) is 5.91 Å². The average Bonchev–Trinajstić information content (AvgIpc) is 3.35. The summed E-state index contributed by atoms with van der Waals surface area (Å²) in [5.74, 6) is 0.311. The molecule has 0 spiro atoms. The van der Waals surface area contributed by atoms with Gasteiger partial charge < -0.3 is 4.57 Å². The number of nitrogens with one attached hydrogen (secondary N) is 1. The molecule has 0 fully saturated rings. The second-order valence-corrected chi connectivity index (χ2v) is 7.45. The third kappa shape index (κ3) is 3.66. The molecule has 0 saturated carbocycles. The Morgan fingerprint density at radius 2 is 1.84 bits per heavy atom. The largest absolute Gasteiger partial charge is 0.310 e. The zero-order valence-corrected chi connectivity index (χ0v) is 17.2. The molecule has 5 rings (SSSR count). The van der Waals surface area contributed by atoms with Crippen molar-refractivity contribution in [2.75, 3.05) is 5.32 Å². The molecule has 3 aromatic heterocycles. The van der Waals surface area contributed by atoms with Gasteiger partial charge in [-0.05, 0) is 30.2 Å². The maximum atomic E-state index is 13.0. The summed E-state index contributed by atoms with van der Waals surface area (Å²) in [7, 11) is 0. The number of pyridine rings is 1. The van der Waals surface area contributed by atoms with Gasteiger partial charge in [0.05, 0.1) is 29.3 Å². The number of hydrogen-bond acceptors (Lipinski definition) is 4. The van der Waals surface area contributed by atoms with E-state index in [2.05, 4.69) is 39.4 Å². The molecule has 0 bridgehead atoms. The van der Waals surface area contributed by atoms with Crippen LogP contribution in [0.5, 0.6) is 0 Å². The van der Waals surface area contributed by atoms with Crippen molar-refractivity contribution in [1.29, 1.82) is 0 Å². The fourth-order valence-corrected chi connectivity index (χ4v) is 3.76. The molecule has 0 atom stereocenters. The number of hydrogen-bond donors (Lipinski definition) is 1. The molecule has 2 aromatic carbocycles. The molecule has 0 unspecified atom stereocenters. The van der Waals surface area contributed by atoms with E-state index in [1.54, 1.807) is 12.4 Å². The Labute approximate surface area is 179 Å². The minimum Gasteiger partial charge on any atom is -0.310 e. The third-order valence-corrected chi connectivity index (χ3v) is 5.24. The van der Waals surface area contributed by atoms with Gasteiger partial charge in [0.2, 0.25) is 5.95 Å². The number of aryl methyl sites for hydroxylation is 1. The molecule has 3 heterocycles. The van der Waals surface area contributed by atoms with E-state index in [4.69, 9.17) is 0 Å².